The maximum absolute atomic E-state index is 12.9. The Morgan fingerprint density at radius 2 is 1.83 bits per heavy atom. The molecule has 3 aromatic rings. The van der Waals surface area contributed by atoms with Gasteiger partial charge in [-0.05, 0) is 53.6 Å². The monoisotopic (exact) mass is 423 g/mol. The highest BCUT2D eigenvalue weighted by molar-refractivity contribution is 6.83. The maximum atomic E-state index is 12.9. The molecule has 1 aromatic carbocycles. The van der Waals surface area contributed by atoms with Crippen molar-refractivity contribution in [1.29, 1.82) is 0 Å². The molecule has 5 heteroatoms. The van der Waals surface area contributed by atoms with Gasteiger partial charge in [0, 0.05) is 11.9 Å². The van der Waals surface area contributed by atoms with E-state index in [1.165, 1.54) is 25.7 Å². The minimum absolute atomic E-state index is 0.383. The van der Waals surface area contributed by atoms with Crippen LogP contribution in [0.4, 0.5) is 0 Å². The van der Waals surface area contributed by atoms with E-state index in [-0.39, 0.29) is 0 Å². The summed E-state index contributed by atoms with van der Waals surface area (Å²) in [6.45, 7) is 2.40. The topological polar surface area (TPSA) is 47.8 Å². The first-order chi connectivity index (χ1) is 14.6. The number of benzene rings is 1. The lowest BCUT2D eigenvalue weighted by Gasteiger charge is -2.12. The van der Waals surface area contributed by atoms with Gasteiger partial charge >= 0.3 is 0 Å². The fraction of sp³-hybridized carbons (Fsp3) is 0.360. The zero-order chi connectivity index (χ0) is 21.1. The molecule has 1 aliphatic rings. The summed E-state index contributed by atoms with van der Waals surface area (Å²) in [6.07, 6.45) is 8.45. The number of carbonyl (C=O) groups excluding carboxylic acids is 2. The fourth-order valence-electron chi connectivity index (χ4n) is 4.67. The molecule has 0 bridgehead atoms. The third kappa shape index (κ3) is 4.01. The Hall–Kier alpha value is -2.59. The summed E-state index contributed by atoms with van der Waals surface area (Å²) in [5.74, 6) is 0.548. The Morgan fingerprint density at radius 3 is 2.50 bits per heavy atom. The van der Waals surface area contributed by atoms with Crippen molar-refractivity contribution in [3.8, 4) is 5.75 Å². The molecule has 0 spiro atoms. The third-order valence-corrected chi connectivity index (χ3v) is 6.26. The van der Waals surface area contributed by atoms with E-state index in [4.69, 9.17) is 16.3 Å². The van der Waals surface area contributed by atoms with Gasteiger partial charge in [-0.3, -0.25) is 9.59 Å². The van der Waals surface area contributed by atoms with Crippen LogP contribution >= 0.6 is 11.6 Å². The van der Waals surface area contributed by atoms with Crippen LogP contribution in [0.5, 0.6) is 5.75 Å². The molecular weight excluding hydrogens is 398 g/mol. The highest BCUT2D eigenvalue weighted by Gasteiger charge is 2.29. The molecule has 4 nitrogen and oxygen atoms in total. The van der Waals surface area contributed by atoms with Crippen molar-refractivity contribution in [2.75, 3.05) is 0 Å². The van der Waals surface area contributed by atoms with E-state index in [1.807, 2.05) is 60.0 Å². The van der Waals surface area contributed by atoms with Crippen LogP contribution in [0.3, 0.4) is 0 Å². The first kappa shape index (κ1) is 20.7. The molecule has 1 fully saturated rings. The second kappa shape index (κ2) is 9.05. The van der Waals surface area contributed by atoms with E-state index in [1.54, 1.807) is 0 Å². The summed E-state index contributed by atoms with van der Waals surface area (Å²) in [7, 11) is 0. The number of aromatic nitrogens is 1. The van der Waals surface area contributed by atoms with Crippen molar-refractivity contribution in [1.82, 2.24) is 4.40 Å². The van der Waals surface area contributed by atoms with Crippen LogP contribution in [0, 0.1) is 5.92 Å². The predicted molar refractivity (Wildman–Crippen MR) is 118 cm³/mol. The quantitative estimate of drug-likeness (QED) is 0.263. The molecule has 0 atom stereocenters. The average molecular weight is 424 g/mol. The summed E-state index contributed by atoms with van der Waals surface area (Å²) >= 11 is 5.66. The zero-order valence-corrected chi connectivity index (χ0v) is 18.0. The SMILES string of the molecule is CCc1c(C(=O)C(=O)Cl)c2c(OCc3ccccc3)cccn2c1CC1CCCC1. The van der Waals surface area contributed by atoms with Gasteiger partial charge in [-0.2, -0.15) is 0 Å². The Labute approximate surface area is 181 Å². The van der Waals surface area contributed by atoms with Gasteiger partial charge in [0.1, 0.15) is 12.4 Å². The molecule has 0 N–H and O–H groups in total. The summed E-state index contributed by atoms with van der Waals surface area (Å²) in [4.78, 5) is 24.7. The van der Waals surface area contributed by atoms with Crippen LogP contribution < -0.4 is 4.74 Å². The first-order valence-electron chi connectivity index (χ1n) is 10.7. The van der Waals surface area contributed by atoms with Crippen molar-refractivity contribution >= 4 is 28.1 Å². The molecule has 1 saturated carbocycles. The predicted octanol–water partition coefficient (Wildman–Crippen LogP) is 5.76. The zero-order valence-electron chi connectivity index (χ0n) is 17.2. The number of pyridine rings is 1. The minimum atomic E-state index is -0.956. The van der Waals surface area contributed by atoms with E-state index >= 15 is 0 Å². The van der Waals surface area contributed by atoms with Crippen molar-refractivity contribution in [3.63, 3.8) is 0 Å². The second-order valence-electron chi connectivity index (χ2n) is 7.98. The van der Waals surface area contributed by atoms with E-state index in [0.717, 1.165) is 23.2 Å². The first-order valence-corrected chi connectivity index (χ1v) is 11.0. The van der Waals surface area contributed by atoms with Crippen molar-refractivity contribution in [2.24, 2.45) is 5.92 Å². The molecule has 0 radical (unpaired) electrons. The fourth-order valence-corrected chi connectivity index (χ4v) is 4.77. The molecule has 2 heterocycles. The molecule has 0 aliphatic heterocycles. The van der Waals surface area contributed by atoms with Gasteiger partial charge in [0.15, 0.2) is 0 Å². The van der Waals surface area contributed by atoms with E-state index in [2.05, 4.69) is 0 Å². The van der Waals surface area contributed by atoms with Crippen LogP contribution in [0.15, 0.2) is 48.7 Å². The number of rotatable bonds is 8. The summed E-state index contributed by atoms with van der Waals surface area (Å²) in [6, 6.07) is 13.7. The summed E-state index contributed by atoms with van der Waals surface area (Å²) < 4.78 is 8.18. The molecule has 0 amide bonds. The number of hydrogen-bond donors (Lipinski definition) is 0. The molecular formula is C25H26ClNO3. The number of nitrogens with zero attached hydrogens (tertiary/aromatic N) is 1. The van der Waals surface area contributed by atoms with Gasteiger partial charge in [-0.15, -0.1) is 0 Å². The molecule has 2 aromatic heterocycles. The number of hydrogen-bond acceptors (Lipinski definition) is 3. The van der Waals surface area contributed by atoms with E-state index < -0.39 is 11.0 Å². The molecule has 4 rings (SSSR count). The maximum Gasteiger partial charge on any atom is 0.293 e. The van der Waals surface area contributed by atoms with Crippen molar-refractivity contribution in [3.05, 3.63) is 71.0 Å². The van der Waals surface area contributed by atoms with Gasteiger partial charge in [-0.1, -0.05) is 62.9 Å². The number of ketones is 1. The Bertz CT molecular complexity index is 1060. The number of halogens is 1. The second-order valence-corrected chi connectivity index (χ2v) is 8.32. The number of ether oxygens (including phenoxy) is 1. The number of carbonyl (C=O) groups is 2. The lowest BCUT2D eigenvalue weighted by molar-refractivity contribution is -0.108. The van der Waals surface area contributed by atoms with Crippen LogP contribution in [0.1, 0.15) is 59.8 Å². The van der Waals surface area contributed by atoms with Gasteiger partial charge in [0.25, 0.3) is 5.24 Å². The summed E-state index contributed by atoms with van der Waals surface area (Å²) in [5, 5.41) is -0.956. The van der Waals surface area contributed by atoms with Crippen LogP contribution in [-0.4, -0.2) is 15.4 Å². The lowest BCUT2D eigenvalue weighted by atomic mass is 9.96. The average Bonchev–Trinajstić information content (AvgIpc) is 3.39. The van der Waals surface area contributed by atoms with Crippen molar-refractivity contribution in [2.45, 2.75) is 52.1 Å². The number of Topliss-reactive ketones (excluding diaryl/α,β-unsaturated/α-hetero) is 1. The standard InChI is InChI=1S/C25H26ClNO3/c1-2-19-20(15-17-9-6-7-10-17)27-14-8-13-21(23(27)22(19)24(28)25(26)29)30-16-18-11-4-3-5-12-18/h3-5,8,11-14,17H,2,6-7,9-10,15-16H2,1H3. The van der Waals surface area contributed by atoms with Crippen LogP contribution in [0.2, 0.25) is 0 Å². The lowest BCUT2D eigenvalue weighted by Crippen LogP contribution is -2.10. The molecule has 1 aliphatic carbocycles. The molecule has 0 saturated heterocycles. The van der Waals surface area contributed by atoms with E-state index in [0.29, 0.717) is 35.8 Å². The van der Waals surface area contributed by atoms with E-state index in [9.17, 15) is 9.59 Å². The van der Waals surface area contributed by atoms with Crippen molar-refractivity contribution < 1.29 is 14.3 Å². The van der Waals surface area contributed by atoms with Crippen LogP contribution in [0.25, 0.3) is 5.52 Å². The Balaban J connectivity index is 1.83. The third-order valence-electron chi connectivity index (χ3n) is 6.09. The molecule has 30 heavy (non-hydrogen) atoms. The normalized spacial score (nSPS) is 14.3. The van der Waals surface area contributed by atoms with Crippen LogP contribution in [-0.2, 0) is 24.2 Å². The highest BCUT2D eigenvalue weighted by Crippen LogP contribution is 2.36. The minimum Gasteiger partial charge on any atom is -0.487 e. The largest absolute Gasteiger partial charge is 0.487 e. The number of fused-ring (bicyclic) bond motifs is 1. The highest BCUT2D eigenvalue weighted by atomic mass is 35.5. The Morgan fingerprint density at radius 1 is 1.10 bits per heavy atom. The summed E-state index contributed by atoms with van der Waals surface area (Å²) in [5.41, 5.74) is 4.10. The van der Waals surface area contributed by atoms with Gasteiger partial charge < -0.3 is 9.14 Å². The van der Waals surface area contributed by atoms with Gasteiger partial charge in [0.05, 0.1) is 11.1 Å². The molecule has 156 valence electrons. The van der Waals surface area contributed by atoms with Gasteiger partial charge in [-0.25, -0.2) is 0 Å². The Kier molecular flexibility index (Phi) is 6.24. The van der Waals surface area contributed by atoms with Gasteiger partial charge in [0.2, 0.25) is 5.78 Å². The smallest absolute Gasteiger partial charge is 0.293 e. The molecule has 0 unspecified atom stereocenters.